The second-order valence-corrected chi connectivity index (χ2v) is 4.52. The molecule has 7 heteroatoms. The van der Waals surface area contributed by atoms with Crippen LogP contribution in [0.5, 0.6) is 0 Å². The maximum atomic E-state index is 14.3. The van der Waals surface area contributed by atoms with Crippen molar-refractivity contribution >= 4 is 5.97 Å². The highest BCUT2D eigenvalue weighted by Gasteiger charge is 2.30. The molecule has 1 unspecified atom stereocenters. The number of carboxylic acids is 1. The van der Waals surface area contributed by atoms with Gasteiger partial charge >= 0.3 is 12.1 Å². The number of halogens is 4. The maximum Gasteiger partial charge on any atom is 0.416 e. The molecule has 1 atom stereocenters. The fourth-order valence-corrected chi connectivity index (χ4v) is 1.96. The maximum absolute atomic E-state index is 14.3. The van der Waals surface area contributed by atoms with Crippen LogP contribution in [0.15, 0.2) is 42.5 Å². The Labute approximate surface area is 122 Å². The predicted octanol–water partition coefficient (Wildman–Crippen LogP) is 3.63. The first-order valence-corrected chi connectivity index (χ1v) is 6.08. The molecular formula is C15H10F4O3. The minimum atomic E-state index is -4.50. The van der Waals surface area contributed by atoms with Crippen molar-refractivity contribution < 1.29 is 32.6 Å². The molecule has 2 aromatic carbocycles. The number of rotatable bonds is 3. The zero-order valence-electron chi connectivity index (χ0n) is 10.9. The second-order valence-electron chi connectivity index (χ2n) is 4.52. The molecule has 3 nitrogen and oxygen atoms in total. The summed E-state index contributed by atoms with van der Waals surface area (Å²) in [5, 5.41) is 18.1. The van der Waals surface area contributed by atoms with Crippen molar-refractivity contribution in [1.82, 2.24) is 0 Å². The first-order chi connectivity index (χ1) is 10.2. The van der Waals surface area contributed by atoms with E-state index in [0.717, 1.165) is 30.3 Å². The molecule has 2 N–H and O–H groups in total. The van der Waals surface area contributed by atoms with Gasteiger partial charge in [-0.25, -0.2) is 9.18 Å². The molecule has 0 saturated heterocycles. The van der Waals surface area contributed by atoms with Gasteiger partial charge in [-0.2, -0.15) is 13.2 Å². The molecule has 0 heterocycles. The fraction of sp³-hybridized carbons (Fsp3) is 0.133. The molecule has 0 bridgehead atoms. The number of carboxylic acid groups (broad SMARTS) is 1. The number of hydrogen-bond acceptors (Lipinski definition) is 2. The van der Waals surface area contributed by atoms with Gasteiger partial charge in [0.2, 0.25) is 0 Å². The van der Waals surface area contributed by atoms with Crippen molar-refractivity contribution in [3.63, 3.8) is 0 Å². The number of carbonyl (C=O) groups is 1. The quantitative estimate of drug-likeness (QED) is 0.851. The summed E-state index contributed by atoms with van der Waals surface area (Å²) in [7, 11) is 0. The van der Waals surface area contributed by atoms with E-state index in [1.807, 2.05) is 0 Å². The Morgan fingerprint density at radius 1 is 1.05 bits per heavy atom. The van der Waals surface area contributed by atoms with Gasteiger partial charge in [-0.15, -0.1) is 0 Å². The van der Waals surface area contributed by atoms with Crippen LogP contribution in [0.3, 0.4) is 0 Å². The van der Waals surface area contributed by atoms with Gasteiger partial charge in [0.15, 0.2) is 6.10 Å². The average molecular weight is 314 g/mol. The van der Waals surface area contributed by atoms with Crippen molar-refractivity contribution in [2.24, 2.45) is 0 Å². The summed E-state index contributed by atoms with van der Waals surface area (Å²) in [5.74, 6) is -2.61. The number of aliphatic hydroxyl groups is 1. The average Bonchev–Trinajstić information content (AvgIpc) is 2.46. The van der Waals surface area contributed by atoms with Crippen LogP contribution in [0, 0.1) is 5.82 Å². The van der Waals surface area contributed by atoms with Crippen LogP contribution in [0.25, 0.3) is 11.1 Å². The summed E-state index contributed by atoms with van der Waals surface area (Å²) < 4.78 is 51.7. The predicted molar refractivity (Wildman–Crippen MR) is 69.4 cm³/mol. The summed E-state index contributed by atoms with van der Waals surface area (Å²) in [5.41, 5.74) is -1.28. The van der Waals surface area contributed by atoms with E-state index in [0.29, 0.717) is 0 Å². The van der Waals surface area contributed by atoms with E-state index in [2.05, 4.69) is 0 Å². The molecular weight excluding hydrogens is 304 g/mol. The Morgan fingerprint density at radius 2 is 1.64 bits per heavy atom. The van der Waals surface area contributed by atoms with Crippen molar-refractivity contribution in [3.05, 3.63) is 59.4 Å². The zero-order valence-corrected chi connectivity index (χ0v) is 10.9. The largest absolute Gasteiger partial charge is 0.479 e. The van der Waals surface area contributed by atoms with Crippen molar-refractivity contribution in [2.45, 2.75) is 12.3 Å². The number of aliphatic carboxylic acids is 1. The Balaban J connectivity index is 2.45. The van der Waals surface area contributed by atoms with Crippen molar-refractivity contribution in [1.29, 1.82) is 0 Å². The Morgan fingerprint density at radius 3 is 2.14 bits per heavy atom. The van der Waals surface area contributed by atoms with Gasteiger partial charge in [0.05, 0.1) is 5.56 Å². The second kappa shape index (κ2) is 5.76. The van der Waals surface area contributed by atoms with Gasteiger partial charge < -0.3 is 10.2 Å². The van der Waals surface area contributed by atoms with Gasteiger partial charge in [0, 0.05) is 11.1 Å². The highest BCUT2D eigenvalue weighted by Crippen LogP contribution is 2.32. The standard InChI is InChI=1S/C15H10F4O3/c16-12-10(2-1-3-11(12)13(20)14(21)22)8-4-6-9(7-5-8)15(17,18)19/h1-7,13,20H,(H,21,22). The van der Waals surface area contributed by atoms with Gasteiger partial charge in [-0.3, -0.25) is 0 Å². The Kier molecular flexibility index (Phi) is 4.18. The molecule has 0 aliphatic carbocycles. The number of aliphatic hydroxyl groups excluding tert-OH is 1. The summed E-state index contributed by atoms with van der Waals surface area (Å²) in [6.07, 6.45) is -6.55. The Bertz CT molecular complexity index is 693. The monoisotopic (exact) mass is 314 g/mol. The zero-order chi connectivity index (χ0) is 16.5. The minimum absolute atomic E-state index is 0.0912. The Hall–Kier alpha value is -2.41. The molecule has 2 aromatic rings. The molecule has 0 amide bonds. The smallest absolute Gasteiger partial charge is 0.416 e. The van der Waals surface area contributed by atoms with Gasteiger partial charge in [-0.1, -0.05) is 30.3 Å². The molecule has 0 radical (unpaired) electrons. The highest BCUT2D eigenvalue weighted by atomic mass is 19.4. The molecule has 0 saturated carbocycles. The van der Waals surface area contributed by atoms with Gasteiger partial charge in [0.25, 0.3) is 0 Å². The molecule has 0 aliphatic heterocycles. The topological polar surface area (TPSA) is 57.5 Å². The molecule has 0 aromatic heterocycles. The van der Waals surface area contributed by atoms with Crippen LogP contribution < -0.4 is 0 Å². The van der Waals surface area contributed by atoms with Crippen molar-refractivity contribution in [3.8, 4) is 11.1 Å². The van der Waals surface area contributed by atoms with Crippen LogP contribution in [0.2, 0.25) is 0 Å². The summed E-state index contributed by atoms with van der Waals surface area (Å²) >= 11 is 0. The molecule has 2 rings (SSSR count). The van der Waals surface area contributed by atoms with Gasteiger partial charge in [-0.05, 0) is 17.7 Å². The van der Waals surface area contributed by atoms with E-state index >= 15 is 0 Å². The molecule has 0 aliphatic rings. The first-order valence-electron chi connectivity index (χ1n) is 6.08. The lowest BCUT2D eigenvalue weighted by Gasteiger charge is -2.12. The van der Waals surface area contributed by atoms with Crippen molar-refractivity contribution in [2.75, 3.05) is 0 Å². The fourth-order valence-electron chi connectivity index (χ4n) is 1.96. The van der Waals surface area contributed by atoms with Crippen LogP contribution in [-0.4, -0.2) is 16.2 Å². The van der Waals surface area contributed by atoms with Crippen LogP contribution in [0.1, 0.15) is 17.2 Å². The summed E-state index contributed by atoms with van der Waals surface area (Å²) in [6, 6.07) is 7.47. The minimum Gasteiger partial charge on any atom is -0.479 e. The van der Waals surface area contributed by atoms with E-state index in [1.54, 1.807) is 0 Å². The highest BCUT2D eigenvalue weighted by molar-refractivity contribution is 5.75. The third-order valence-corrected chi connectivity index (χ3v) is 3.08. The number of hydrogen-bond donors (Lipinski definition) is 2. The van der Waals surface area contributed by atoms with E-state index in [9.17, 15) is 27.5 Å². The van der Waals surface area contributed by atoms with Crippen LogP contribution in [-0.2, 0) is 11.0 Å². The lowest BCUT2D eigenvalue weighted by atomic mass is 9.98. The SMILES string of the molecule is O=C(O)C(O)c1cccc(-c2ccc(C(F)(F)F)cc2)c1F. The van der Waals surface area contributed by atoms with Gasteiger partial charge in [0.1, 0.15) is 5.82 Å². The lowest BCUT2D eigenvalue weighted by molar-refractivity contribution is -0.147. The number of alkyl halides is 3. The van der Waals surface area contributed by atoms with Crippen LogP contribution in [0.4, 0.5) is 17.6 Å². The molecule has 0 fully saturated rings. The third-order valence-electron chi connectivity index (χ3n) is 3.08. The van der Waals surface area contributed by atoms with E-state index in [1.165, 1.54) is 12.1 Å². The van der Waals surface area contributed by atoms with E-state index in [-0.39, 0.29) is 11.1 Å². The third kappa shape index (κ3) is 3.09. The van der Waals surface area contributed by atoms with E-state index in [4.69, 9.17) is 5.11 Å². The summed E-state index contributed by atoms with van der Waals surface area (Å²) in [4.78, 5) is 10.7. The lowest BCUT2D eigenvalue weighted by Crippen LogP contribution is -2.12. The molecule has 116 valence electrons. The number of benzene rings is 2. The normalized spacial score (nSPS) is 13.0. The van der Waals surface area contributed by atoms with E-state index < -0.39 is 35.2 Å². The first kappa shape index (κ1) is 16.0. The van der Waals surface area contributed by atoms with Crippen LogP contribution >= 0.6 is 0 Å². The molecule has 22 heavy (non-hydrogen) atoms. The molecule has 0 spiro atoms. The summed E-state index contributed by atoms with van der Waals surface area (Å²) in [6.45, 7) is 0.